The fourth-order valence-electron chi connectivity index (χ4n) is 1.15. The molecule has 0 radical (unpaired) electrons. The van der Waals surface area contributed by atoms with Crippen LogP contribution in [0.3, 0.4) is 0 Å². The van der Waals surface area contributed by atoms with Gasteiger partial charge >= 0.3 is 0 Å². The molecule has 0 aromatic carbocycles. The molecule has 0 bridgehead atoms. The van der Waals surface area contributed by atoms with Crippen LogP contribution in [0, 0.1) is 0 Å². The van der Waals surface area contributed by atoms with Crippen molar-refractivity contribution in [3.63, 3.8) is 0 Å². The predicted octanol–water partition coefficient (Wildman–Crippen LogP) is 0.530. The fourth-order valence-corrected chi connectivity index (χ4v) is 1.94. The molecule has 0 aliphatic carbocycles. The molecular weight excluding hydrogens is 212 g/mol. The van der Waals surface area contributed by atoms with Gasteiger partial charge < -0.3 is 16.2 Å². The van der Waals surface area contributed by atoms with E-state index in [1.807, 2.05) is 18.8 Å². The van der Waals surface area contributed by atoms with Gasteiger partial charge in [-0.2, -0.15) is 16.9 Å². The number of aliphatic hydroxyl groups is 1. The standard InChI is InChI=1S/C9H18N4OS/c1-13-7-8(10)9(12-13)11-3-6-15-5-2-4-14/h7,14H,2-6,10H2,1H3,(H,11,12). The minimum absolute atomic E-state index is 0.271. The van der Waals surface area contributed by atoms with Crippen molar-refractivity contribution in [1.82, 2.24) is 9.78 Å². The number of anilines is 2. The first-order chi connectivity index (χ1) is 7.24. The first kappa shape index (κ1) is 12.2. The second-order valence-electron chi connectivity index (χ2n) is 3.22. The molecule has 1 aromatic heterocycles. The van der Waals surface area contributed by atoms with E-state index < -0.39 is 0 Å². The molecule has 5 nitrogen and oxygen atoms in total. The highest BCUT2D eigenvalue weighted by Crippen LogP contribution is 2.14. The summed E-state index contributed by atoms with van der Waals surface area (Å²) < 4.78 is 1.69. The zero-order valence-electron chi connectivity index (χ0n) is 8.94. The van der Waals surface area contributed by atoms with Gasteiger partial charge in [-0.05, 0) is 12.2 Å². The molecule has 0 amide bonds. The molecular formula is C9H18N4OS. The van der Waals surface area contributed by atoms with Crippen LogP contribution >= 0.6 is 11.8 Å². The number of thioether (sulfide) groups is 1. The summed E-state index contributed by atoms with van der Waals surface area (Å²) in [7, 11) is 1.84. The van der Waals surface area contributed by atoms with Crippen LogP contribution in [0.15, 0.2) is 6.20 Å². The van der Waals surface area contributed by atoms with Crippen LogP contribution in [0.4, 0.5) is 11.5 Å². The van der Waals surface area contributed by atoms with Gasteiger partial charge in [0.1, 0.15) is 0 Å². The third kappa shape index (κ3) is 4.44. The Balaban J connectivity index is 2.12. The number of nitrogens with one attached hydrogen (secondary N) is 1. The molecule has 0 aliphatic rings. The molecule has 6 heteroatoms. The molecule has 0 fully saturated rings. The van der Waals surface area contributed by atoms with Gasteiger partial charge in [0, 0.05) is 32.1 Å². The van der Waals surface area contributed by atoms with Crippen molar-refractivity contribution < 1.29 is 5.11 Å². The Kier molecular flexibility index (Phi) is 5.34. The maximum atomic E-state index is 8.58. The average molecular weight is 230 g/mol. The monoisotopic (exact) mass is 230 g/mol. The maximum absolute atomic E-state index is 8.58. The summed E-state index contributed by atoms with van der Waals surface area (Å²) in [5.74, 6) is 2.74. The fraction of sp³-hybridized carbons (Fsp3) is 0.667. The van der Waals surface area contributed by atoms with E-state index in [4.69, 9.17) is 10.8 Å². The van der Waals surface area contributed by atoms with E-state index in [9.17, 15) is 0 Å². The van der Waals surface area contributed by atoms with Crippen molar-refractivity contribution in [1.29, 1.82) is 0 Å². The van der Waals surface area contributed by atoms with Crippen molar-refractivity contribution >= 4 is 23.3 Å². The van der Waals surface area contributed by atoms with Crippen LogP contribution in [-0.2, 0) is 7.05 Å². The van der Waals surface area contributed by atoms with Crippen LogP contribution in [0.2, 0.25) is 0 Å². The van der Waals surface area contributed by atoms with Crippen LogP contribution in [0.25, 0.3) is 0 Å². The molecule has 86 valence electrons. The number of hydrogen-bond donors (Lipinski definition) is 3. The molecule has 0 aliphatic heterocycles. The van der Waals surface area contributed by atoms with Gasteiger partial charge in [-0.25, -0.2) is 0 Å². The Morgan fingerprint density at radius 3 is 3.00 bits per heavy atom. The Morgan fingerprint density at radius 2 is 2.40 bits per heavy atom. The number of aromatic nitrogens is 2. The summed E-state index contributed by atoms with van der Waals surface area (Å²) in [4.78, 5) is 0. The first-order valence-corrected chi connectivity index (χ1v) is 6.11. The van der Waals surface area contributed by atoms with E-state index in [0.717, 1.165) is 30.3 Å². The van der Waals surface area contributed by atoms with Crippen LogP contribution < -0.4 is 11.1 Å². The van der Waals surface area contributed by atoms with E-state index >= 15 is 0 Å². The summed E-state index contributed by atoms with van der Waals surface area (Å²) >= 11 is 1.81. The molecule has 1 aromatic rings. The maximum Gasteiger partial charge on any atom is 0.171 e. The Bertz CT molecular complexity index is 290. The van der Waals surface area contributed by atoms with Gasteiger partial charge in [-0.3, -0.25) is 4.68 Å². The zero-order valence-corrected chi connectivity index (χ0v) is 9.76. The largest absolute Gasteiger partial charge is 0.396 e. The van der Waals surface area contributed by atoms with Gasteiger partial charge in [-0.15, -0.1) is 0 Å². The number of hydrogen-bond acceptors (Lipinski definition) is 5. The van der Waals surface area contributed by atoms with Gasteiger partial charge in [-0.1, -0.05) is 0 Å². The van der Waals surface area contributed by atoms with Crippen molar-refractivity contribution in [3.8, 4) is 0 Å². The van der Waals surface area contributed by atoms with Crippen LogP contribution in [0.5, 0.6) is 0 Å². The van der Waals surface area contributed by atoms with Crippen molar-refractivity contribution in [3.05, 3.63) is 6.20 Å². The molecule has 0 saturated carbocycles. The van der Waals surface area contributed by atoms with E-state index in [0.29, 0.717) is 5.69 Å². The third-order valence-corrected chi connectivity index (χ3v) is 2.91. The second-order valence-corrected chi connectivity index (χ2v) is 4.45. The first-order valence-electron chi connectivity index (χ1n) is 4.95. The number of rotatable bonds is 7. The van der Waals surface area contributed by atoms with Gasteiger partial charge in [0.15, 0.2) is 5.82 Å². The highest BCUT2D eigenvalue weighted by molar-refractivity contribution is 7.99. The lowest BCUT2D eigenvalue weighted by atomic mass is 10.5. The number of nitrogens with two attached hydrogens (primary N) is 1. The van der Waals surface area contributed by atoms with Gasteiger partial charge in [0.2, 0.25) is 0 Å². The number of aryl methyl sites for hydroxylation is 1. The molecule has 15 heavy (non-hydrogen) atoms. The van der Waals surface area contributed by atoms with Crippen LogP contribution in [-0.4, -0.2) is 39.5 Å². The van der Waals surface area contributed by atoms with E-state index in [-0.39, 0.29) is 6.61 Å². The summed E-state index contributed by atoms with van der Waals surface area (Å²) in [6.45, 7) is 1.12. The topological polar surface area (TPSA) is 76.1 Å². The number of nitrogens with zero attached hydrogens (tertiary/aromatic N) is 2. The lowest BCUT2D eigenvalue weighted by Crippen LogP contribution is -2.07. The lowest BCUT2D eigenvalue weighted by molar-refractivity contribution is 0.296. The Labute approximate surface area is 94.0 Å². The summed E-state index contributed by atoms with van der Waals surface area (Å²) in [5.41, 5.74) is 6.40. The van der Waals surface area contributed by atoms with Crippen molar-refractivity contribution in [2.45, 2.75) is 6.42 Å². The van der Waals surface area contributed by atoms with Crippen LogP contribution in [0.1, 0.15) is 6.42 Å². The molecule has 1 rings (SSSR count). The quantitative estimate of drug-likeness (QED) is 0.596. The summed E-state index contributed by atoms with van der Waals surface area (Å²) in [6.07, 6.45) is 2.64. The highest BCUT2D eigenvalue weighted by atomic mass is 32.2. The number of nitrogen functional groups attached to an aromatic ring is 1. The molecule has 0 unspecified atom stereocenters. The zero-order chi connectivity index (χ0) is 11.1. The van der Waals surface area contributed by atoms with Crippen molar-refractivity contribution in [2.24, 2.45) is 7.05 Å². The molecule has 4 N–H and O–H groups in total. The summed E-state index contributed by atoms with van der Waals surface area (Å²) in [5, 5.41) is 15.9. The lowest BCUT2D eigenvalue weighted by Gasteiger charge is -2.03. The average Bonchev–Trinajstić information content (AvgIpc) is 2.51. The Morgan fingerprint density at radius 1 is 1.60 bits per heavy atom. The smallest absolute Gasteiger partial charge is 0.171 e. The van der Waals surface area contributed by atoms with E-state index in [2.05, 4.69) is 10.4 Å². The minimum atomic E-state index is 0.271. The highest BCUT2D eigenvalue weighted by Gasteiger charge is 2.01. The third-order valence-electron chi connectivity index (χ3n) is 1.84. The van der Waals surface area contributed by atoms with Crippen molar-refractivity contribution in [2.75, 3.05) is 35.7 Å². The molecule has 0 spiro atoms. The van der Waals surface area contributed by atoms with Gasteiger partial charge in [0.25, 0.3) is 0 Å². The number of aliphatic hydroxyl groups excluding tert-OH is 1. The summed E-state index contributed by atoms with van der Waals surface area (Å²) in [6, 6.07) is 0. The normalized spacial score (nSPS) is 10.5. The molecule has 0 saturated heterocycles. The minimum Gasteiger partial charge on any atom is -0.396 e. The van der Waals surface area contributed by atoms with E-state index in [1.165, 1.54) is 0 Å². The second kappa shape index (κ2) is 6.58. The van der Waals surface area contributed by atoms with E-state index in [1.54, 1.807) is 10.9 Å². The SMILES string of the molecule is Cn1cc(N)c(NCCSCCCO)n1. The molecule has 1 heterocycles. The predicted molar refractivity (Wildman–Crippen MR) is 65.1 cm³/mol. The Hall–Kier alpha value is -0.880. The van der Waals surface area contributed by atoms with Gasteiger partial charge in [0.05, 0.1) is 5.69 Å². The molecule has 0 atom stereocenters.